The van der Waals surface area contributed by atoms with E-state index in [2.05, 4.69) is 20.8 Å². The summed E-state index contributed by atoms with van der Waals surface area (Å²) in [5, 5.41) is 16.8. The van der Waals surface area contributed by atoms with E-state index in [1.165, 1.54) is 12.1 Å². The molecule has 2 heterocycles. The summed E-state index contributed by atoms with van der Waals surface area (Å²) in [5.41, 5.74) is 5.06. The molecule has 0 unspecified atom stereocenters. The van der Waals surface area contributed by atoms with Crippen molar-refractivity contribution in [3.8, 4) is 0 Å². The number of aryl methyl sites for hydroxylation is 1. The van der Waals surface area contributed by atoms with Gasteiger partial charge in [0, 0.05) is 16.2 Å². The van der Waals surface area contributed by atoms with Crippen LogP contribution in [0.15, 0.2) is 54.9 Å². The second kappa shape index (κ2) is 9.91. The van der Waals surface area contributed by atoms with E-state index in [1.807, 2.05) is 49.0 Å². The van der Waals surface area contributed by atoms with E-state index in [0.717, 1.165) is 33.9 Å². The highest BCUT2D eigenvalue weighted by molar-refractivity contribution is 7.80. The van der Waals surface area contributed by atoms with Crippen molar-refractivity contribution < 1.29 is 4.39 Å². The Labute approximate surface area is 206 Å². The summed E-state index contributed by atoms with van der Waals surface area (Å²) >= 11 is 17.7. The van der Waals surface area contributed by atoms with Crippen LogP contribution in [0.1, 0.15) is 22.5 Å². The molecule has 0 fully saturated rings. The summed E-state index contributed by atoms with van der Waals surface area (Å²) in [6, 6.07) is 12.0. The number of aromatic nitrogens is 4. The van der Waals surface area contributed by atoms with Crippen molar-refractivity contribution in [1.82, 2.24) is 19.6 Å². The lowest BCUT2D eigenvalue weighted by Crippen LogP contribution is -2.19. The molecule has 6 nitrogen and oxygen atoms in total. The molecule has 0 aliphatic heterocycles. The van der Waals surface area contributed by atoms with Gasteiger partial charge in [-0.3, -0.25) is 9.36 Å². The summed E-state index contributed by atoms with van der Waals surface area (Å²) in [5.74, 6) is -0.369. The third kappa shape index (κ3) is 5.71. The Morgan fingerprint density at radius 2 is 1.91 bits per heavy atom. The van der Waals surface area contributed by atoms with Crippen molar-refractivity contribution in [1.29, 1.82) is 0 Å². The van der Waals surface area contributed by atoms with Gasteiger partial charge in [-0.05, 0) is 61.5 Å². The molecule has 0 amide bonds. The van der Waals surface area contributed by atoms with Crippen molar-refractivity contribution in [3.63, 3.8) is 0 Å². The van der Waals surface area contributed by atoms with E-state index >= 15 is 0 Å². The molecular weight excluding hydrogens is 482 g/mol. The lowest BCUT2D eigenvalue weighted by Gasteiger charge is -2.10. The lowest BCUT2D eigenvalue weighted by molar-refractivity contribution is 0.622. The Hall–Kier alpha value is -2.94. The first-order valence-corrected chi connectivity index (χ1v) is 11.3. The third-order valence-electron chi connectivity index (χ3n) is 5.08. The van der Waals surface area contributed by atoms with E-state index in [-0.39, 0.29) is 5.82 Å². The van der Waals surface area contributed by atoms with Crippen LogP contribution in [0.2, 0.25) is 10.0 Å². The van der Waals surface area contributed by atoms with Crippen molar-refractivity contribution in [2.75, 3.05) is 10.6 Å². The monoisotopic (exact) mass is 502 g/mol. The van der Waals surface area contributed by atoms with Crippen LogP contribution < -0.4 is 10.6 Å². The Bertz CT molecular complexity index is 1320. The topological polar surface area (TPSA) is 59.7 Å². The fourth-order valence-electron chi connectivity index (χ4n) is 3.46. The maximum absolute atomic E-state index is 13.3. The van der Waals surface area contributed by atoms with E-state index in [0.29, 0.717) is 28.2 Å². The molecule has 0 saturated carbocycles. The van der Waals surface area contributed by atoms with Crippen molar-refractivity contribution in [3.05, 3.63) is 93.2 Å². The molecule has 2 aromatic carbocycles. The first-order chi connectivity index (χ1) is 15.8. The van der Waals surface area contributed by atoms with Gasteiger partial charge in [0.1, 0.15) is 5.82 Å². The zero-order valence-corrected chi connectivity index (χ0v) is 20.3. The second-order valence-corrected chi connectivity index (χ2v) is 8.83. The molecule has 10 heteroatoms. The largest absolute Gasteiger partial charge is 0.330 e. The van der Waals surface area contributed by atoms with E-state index in [1.54, 1.807) is 16.9 Å². The van der Waals surface area contributed by atoms with Gasteiger partial charge in [0.2, 0.25) is 0 Å². The summed E-state index contributed by atoms with van der Waals surface area (Å²) in [4.78, 5) is 0. The van der Waals surface area contributed by atoms with E-state index in [9.17, 15) is 4.39 Å². The highest BCUT2D eigenvalue weighted by Crippen LogP contribution is 2.24. The molecular formula is C23H21Cl2FN6S. The van der Waals surface area contributed by atoms with Gasteiger partial charge in [-0.2, -0.15) is 10.2 Å². The van der Waals surface area contributed by atoms with Gasteiger partial charge in [-0.15, -0.1) is 0 Å². The van der Waals surface area contributed by atoms with Crippen LogP contribution in [-0.2, 0) is 13.1 Å². The molecule has 0 atom stereocenters. The van der Waals surface area contributed by atoms with Crippen LogP contribution in [0, 0.1) is 19.7 Å². The number of halogens is 3. The maximum Gasteiger partial charge on any atom is 0.175 e. The van der Waals surface area contributed by atoms with Crippen LogP contribution >= 0.6 is 35.4 Å². The molecule has 4 aromatic rings. The minimum Gasteiger partial charge on any atom is -0.330 e. The molecule has 2 N–H and O–H groups in total. The number of nitrogens with one attached hydrogen (secondary N) is 2. The van der Waals surface area contributed by atoms with Crippen LogP contribution in [0.4, 0.5) is 15.8 Å². The summed E-state index contributed by atoms with van der Waals surface area (Å²) in [6.45, 7) is 4.85. The van der Waals surface area contributed by atoms with Gasteiger partial charge in [0.25, 0.3) is 0 Å². The Kier molecular flexibility index (Phi) is 6.97. The number of benzene rings is 2. The van der Waals surface area contributed by atoms with Crippen molar-refractivity contribution in [2.24, 2.45) is 0 Å². The lowest BCUT2D eigenvalue weighted by atomic mass is 10.2. The van der Waals surface area contributed by atoms with Gasteiger partial charge in [-0.25, -0.2) is 4.39 Å². The predicted molar refractivity (Wildman–Crippen MR) is 135 cm³/mol. The average molecular weight is 503 g/mol. The zero-order chi connectivity index (χ0) is 23.5. The Morgan fingerprint density at radius 3 is 2.67 bits per heavy atom. The van der Waals surface area contributed by atoms with Crippen LogP contribution in [0.5, 0.6) is 0 Å². The minimum atomic E-state index is -0.369. The molecule has 170 valence electrons. The highest BCUT2D eigenvalue weighted by atomic mass is 35.5. The zero-order valence-electron chi connectivity index (χ0n) is 17.9. The van der Waals surface area contributed by atoms with Crippen LogP contribution in [-0.4, -0.2) is 24.7 Å². The standard InChI is InChI=1S/C23H21Cl2FN6S/c1-14-22(15(2)32(30-14)12-17-6-7-19(26)9-21(17)25)29-23(33)28-20-10-27-31(13-20)11-16-4-3-5-18(24)8-16/h3-10,13H,11-12H2,1-2H3,(H2,28,29,33). The predicted octanol–water partition coefficient (Wildman–Crippen LogP) is 6.05. The fraction of sp³-hybridized carbons (Fsp3) is 0.174. The number of hydrogen-bond acceptors (Lipinski definition) is 3. The van der Waals surface area contributed by atoms with Crippen LogP contribution in [0.3, 0.4) is 0 Å². The smallest absolute Gasteiger partial charge is 0.175 e. The number of hydrogen-bond donors (Lipinski definition) is 2. The van der Waals surface area contributed by atoms with Gasteiger partial charge in [-0.1, -0.05) is 41.4 Å². The van der Waals surface area contributed by atoms with Gasteiger partial charge in [0.15, 0.2) is 5.11 Å². The average Bonchev–Trinajstić information content (AvgIpc) is 3.29. The number of rotatable bonds is 6. The molecule has 0 saturated heterocycles. The van der Waals surface area contributed by atoms with Crippen molar-refractivity contribution >= 4 is 51.9 Å². The Balaban J connectivity index is 1.41. The molecule has 0 radical (unpaired) electrons. The SMILES string of the molecule is Cc1nn(Cc2ccc(F)cc2Cl)c(C)c1NC(=S)Nc1cnn(Cc2cccc(Cl)c2)c1. The number of thiocarbonyl (C=S) groups is 1. The quantitative estimate of drug-likeness (QED) is 0.314. The minimum absolute atomic E-state index is 0.365. The van der Waals surface area contributed by atoms with Crippen molar-refractivity contribution in [2.45, 2.75) is 26.9 Å². The first-order valence-electron chi connectivity index (χ1n) is 10.1. The molecule has 0 aliphatic rings. The summed E-state index contributed by atoms with van der Waals surface area (Å²) in [7, 11) is 0. The molecule has 0 spiro atoms. The maximum atomic E-state index is 13.3. The molecule has 0 aliphatic carbocycles. The van der Waals surface area contributed by atoms with Crippen LogP contribution in [0.25, 0.3) is 0 Å². The first kappa shape index (κ1) is 23.2. The fourth-order valence-corrected chi connectivity index (χ4v) is 4.12. The number of nitrogens with zero attached hydrogens (tertiary/aromatic N) is 4. The summed E-state index contributed by atoms with van der Waals surface area (Å²) in [6.07, 6.45) is 3.58. The van der Waals surface area contributed by atoms with Gasteiger partial charge >= 0.3 is 0 Å². The molecule has 33 heavy (non-hydrogen) atoms. The Morgan fingerprint density at radius 1 is 1.09 bits per heavy atom. The number of anilines is 2. The highest BCUT2D eigenvalue weighted by Gasteiger charge is 2.15. The van der Waals surface area contributed by atoms with E-state index < -0.39 is 0 Å². The van der Waals surface area contributed by atoms with E-state index in [4.69, 9.17) is 35.4 Å². The second-order valence-electron chi connectivity index (χ2n) is 7.57. The third-order valence-corrected chi connectivity index (χ3v) is 5.87. The molecule has 4 rings (SSSR count). The molecule has 2 aromatic heterocycles. The summed E-state index contributed by atoms with van der Waals surface area (Å²) < 4.78 is 16.9. The molecule has 0 bridgehead atoms. The normalized spacial score (nSPS) is 10.9. The van der Waals surface area contributed by atoms with Gasteiger partial charge in [0.05, 0.1) is 42.0 Å². The van der Waals surface area contributed by atoms with Gasteiger partial charge < -0.3 is 10.6 Å².